The Morgan fingerprint density at radius 2 is 1.62 bits per heavy atom. The Bertz CT molecular complexity index is 740. The number of carbonyl (C=O) groups excluding carboxylic acids is 3. The summed E-state index contributed by atoms with van der Waals surface area (Å²) in [6.07, 6.45) is 11.2. The molecule has 1 fully saturated rings. The van der Waals surface area contributed by atoms with Crippen LogP contribution in [0.25, 0.3) is 0 Å². The Labute approximate surface area is 204 Å². The average Bonchev–Trinajstić information content (AvgIpc) is 2.84. The molecule has 0 spiro atoms. The Kier molecular flexibility index (Phi) is 13.1. The van der Waals surface area contributed by atoms with E-state index < -0.39 is 18.1 Å². The first kappa shape index (κ1) is 27.7. The van der Waals surface area contributed by atoms with Crippen LogP contribution in [0.15, 0.2) is 30.3 Å². The maximum atomic E-state index is 13.0. The van der Waals surface area contributed by atoms with E-state index in [0.717, 1.165) is 19.3 Å². The molecule has 0 aliphatic carbocycles. The quantitative estimate of drug-likeness (QED) is 0.279. The molecule has 1 N–H and O–H groups in total. The van der Waals surface area contributed by atoms with Crippen molar-refractivity contribution in [2.24, 2.45) is 0 Å². The molecule has 1 saturated heterocycles. The van der Waals surface area contributed by atoms with Crippen molar-refractivity contribution in [2.75, 3.05) is 19.7 Å². The number of esters is 1. The van der Waals surface area contributed by atoms with E-state index in [1.807, 2.05) is 18.2 Å². The predicted octanol–water partition coefficient (Wildman–Crippen LogP) is 4.64. The number of nitrogens with zero attached hydrogens (tertiary/aromatic N) is 1. The van der Waals surface area contributed by atoms with E-state index in [2.05, 4.69) is 12.2 Å². The molecule has 34 heavy (non-hydrogen) atoms. The van der Waals surface area contributed by atoms with Gasteiger partial charge in [0, 0.05) is 13.1 Å². The molecule has 1 aromatic carbocycles. The van der Waals surface area contributed by atoms with Gasteiger partial charge in [0.2, 0.25) is 5.91 Å². The molecular weight excluding hydrogens is 432 g/mol. The Hall–Kier alpha value is -2.57. The maximum absolute atomic E-state index is 13.0. The Morgan fingerprint density at radius 3 is 2.26 bits per heavy atom. The average molecular weight is 475 g/mol. The van der Waals surface area contributed by atoms with Gasteiger partial charge in [-0.05, 0) is 25.5 Å². The van der Waals surface area contributed by atoms with E-state index in [9.17, 15) is 14.4 Å². The van der Waals surface area contributed by atoms with Crippen LogP contribution in [0.5, 0.6) is 5.75 Å². The number of piperazine rings is 1. The zero-order chi connectivity index (χ0) is 24.6. The van der Waals surface area contributed by atoms with Crippen LogP contribution in [0.3, 0.4) is 0 Å². The molecule has 2 amide bonds. The summed E-state index contributed by atoms with van der Waals surface area (Å²) >= 11 is 0. The highest BCUT2D eigenvalue weighted by Gasteiger charge is 2.37. The van der Waals surface area contributed by atoms with Crippen molar-refractivity contribution in [3.8, 4) is 5.75 Å². The summed E-state index contributed by atoms with van der Waals surface area (Å²) in [4.78, 5) is 39.2. The standard InChI is InChI=1S/C27H42N2O5/c1-3-4-5-6-7-8-9-10-11-15-20-33-25(30)21-24-26(31)28-18-19-29(24)27(32)22(2)34-23-16-13-12-14-17-23/h12-14,16-17,22,24H,3-11,15,18-21H2,1-2H3,(H,28,31). The van der Waals surface area contributed by atoms with Crippen molar-refractivity contribution in [1.82, 2.24) is 10.2 Å². The monoisotopic (exact) mass is 474 g/mol. The smallest absolute Gasteiger partial charge is 0.308 e. The Balaban J connectivity index is 1.68. The van der Waals surface area contributed by atoms with Crippen LogP contribution in [-0.4, -0.2) is 54.5 Å². The molecule has 2 unspecified atom stereocenters. The number of rotatable bonds is 16. The van der Waals surface area contributed by atoms with Crippen LogP contribution < -0.4 is 10.1 Å². The summed E-state index contributed by atoms with van der Waals surface area (Å²) in [5.74, 6) is -0.515. The van der Waals surface area contributed by atoms with Gasteiger partial charge in [0.05, 0.1) is 13.0 Å². The number of nitrogens with one attached hydrogen (secondary N) is 1. The number of unbranched alkanes of at least 4 members (excludes halogenated alkanes) is 9. The van der Waals surface area contributed by atoms with Gasteiger partial charge in [-0.2, -0.15) is 0 Å². The number of carbonyl (C=O) groups is 3. The largest absolute Gasteiger partial charge is 0.481 e. The molecule has 1 aliphatic rings. The first-order chi connectivity index (χ1) is 16.5. The Morgan fingerprint density at radius 1 is 1.00 bits per heavy atom. The number of amides is 2. The van der Waals surface area contributed by atoms with Gasteiger partial charge in [-0.1, -0.05) is 82.9 Å². The van der Waals surface area contributed by atoms with Crippen molar-refractivity contribution < 1.29 is 23.9 Å². The highest BCUT2D eigenvalue weighted by molar-refractivity contribution is 5.93. The fourth-order valence-corrected chi connectivity index (χ4v) is 4.16. The maximum Gasteiger partial charge on any atom is 0.308 e. The summed E-state index contributed by atoms with van der Waals surface area (Å²) in [5, 5.41) is 2.74. The van der Waals surface area contributed by atoms with Crippen molar-refractivity contribution >= 4 is 17.8 Å². The van der Waals surface area contributed by atoms with Crippen LogP contribution >= 0.6 is 0 Å². The van der Waals surface area contributed by atoms with E-state index in [1.165, 1.54) is 49.8 Å². The summed E-state index contributed by atoms with van der Waals surface area (Å²) in [6.45, 7) is 4.93. The van der Waals surface area contributed by atoms with Gasteiger partial charge < -0.3 is 19.7 Å². The first-order valence-corrected chi connectivity index (χ1v) is 13.0. The van der Waals surface area contributed by atoms with Gasteiger partial charge in [0.25, 0.3) is 5.91 Å². The van der Waals surface area contributed by atoms with Gasteiger partial charge in [-0.25, -0.2) is 0 Å². The summed E-state index contributed by atoms with van der Waals surface area (Å²) < 4.78 is 11.1. The molecule has 7 heteroatoms. The molecule has 2 rings (SSSR count). The number of hydrogen-bond acceptors (Lipinski definition) is 5. The molecule has 0 aromatic heterocycles. The van der Waals surface area contributed by atoms with Crippen molar-refractivity contribution in [3.05, 3.63) is 30.3 Å². The van der Waals surface area contributed by atoms with Gasteiger partial charge >= 0.3 is 5.97 Å². The van der Waals surface area contributed by atoms with Crippen LogP contribution in [0, 0.1) is 0 Å². The summed E-state index contributed by atoms with van der Waals surface area (Å²) in [5.41, 5.74) is 0. The van der Waals surface area contributed by atoms with Crippen LogP contribution in [0.1, 0.15) is 84.5 Å². The highest BCUT2D eigenvalue weighted by Crippen LogP contribution is 2.16. The highest BCUT2D eigenvalue weighted by atomic mass is 16.5. The third-order valence-corrected chi connectivity index (χ3v) is 6.14. The third kappa shape index (κ3) is 10.1. The molecule has 190 valence electrons. The summed E-state index contributed by atoms with van der Waals surface area (Å²) in [7, 11) is 0. The van der Waals surface area contributed by atoms with E-state index >= 15 is 0 Å². The SMILES string of the molecule is CCCCCCCCCCCCOC(=O)CC1C(=O)NCCN1C(=O)C(C)Oc1ccccc1. The third-order valence-electron chi connectivity index (χ3n) is 6.14. The molecular formula is C27H42N2O5. The van der Waals surface area contributed by atoms with Gasteiger partial charge in [-0.15, -0.1) is 0 Å². The molecule has 1 aliphatic heterocycles. The molecule has 1 heterocycles. The van der Waals surface area contributed by atoms with Gasteiger partial charge in [0.1, 0.15) is 11.8 Å². The van der Waals surface area contributed by atoms with Crippen LogP contribution in [0.2, 0.25) is 0 Å². The van der Waals surface area contributed by atoms with Crippen LogP contribution in [-0.2, 0) is 19.1 Å². The van der Waals surface area contributed by atoms with Gasteiger partial charge in [0.15, 0.2) is 6.10 Å². The number of ether oxygens (including phenoxy) is 2. The topological polar surface area (TPSA) is 84.9 Å². The zero-order valence-electron chi connectivity index (χ0n) is 20.9. The van der Waals surface area contributed by atoms with Crippen molar-refractivity contribution in [3.63, 3.8) is 0 Å². The molecule has 0 radical (unpaired) electrons. The first-order valence-electron chi connectivity index (χ1n) is 13.0. The van der Waals surface area contributed by atoms with E-state index in [1.54, 1.807) is 19.1 Å². The van der Waals surface area contributed by atoms with Gasteiger partial charge in [-0.3, -0.25) is 14.4 Å². The minimum Gasteiger partial charge on any atom is -0.481 e. The zero-order valence-corrected chi connectivity index (χ0v) is 20.9. The van der Waals surface area contributed by atoms with Crippen molar-refractivity contribution in [2.45, 2.75) is 96.6 Å². The molecule has 7 nitrogen and oxygen atoms in total. The molecule has 1 aromatic rings. The minimum absolute atomic E-state index is 0.145. The second-order valence-corrected chi connectivity index (χ2v) is 9.02. The number of para-hydroxylation sites is 1. The molecule has 0 saturated carbocycles. The second-order valence-electron chi connectivity index (χ2n) is 9.02. The lowest BCUT2D eigenvalue weighted by atomic mass is 10.1. The molecule has 2 atom stereocenters. The van der Waals surface area contributed by atoms with E-state index in [4.69, 9.17) is 9.47 Å². The normalized spacial score (nSPS) is 16.6. The van der Waals surface area contributed by atoms with E-state index in [0.29, 0.717) is 25.4 Å². The lowest BCUT2D eigenvalue weighted by molar-refractivity contribution is -0.154. The number of hydrogen-bond donors (Lipinski definition) is 1. The lowest BCUT2D eigenvalue weighted by Crippen LogP contribution is -2.60. The fourth-order valence-electron chi connectivity index (χ4n) is 4.16. The number of benzene rings is 1. The van der Waals surface area contributed by atoms with Crippen LogP contribution in [0.4, 0.5) is 0 Å². The van der Waals surface area contributed by atoms with E-state index in [-0.39, 0.29) is 18.2 Å². The summed E-state index contributed by atoms with van der Waals surface area (Å²) in [6, 6.07) is 8.20. The second kappa shape index (κ2) is 16.1. The predicted molar refractivity (Wildman–Crippen MR) is 132 cm³/mol. The lowest BCUT2D eigenvalue weighted by Gasteiger charge is -2.36. The van der Waals surface area contributed by atoms with Crippen molar-refractivity contribution in [1.29, 1.82) is 0 Å². The fraction of sp³-hybridized carbons (Fsp3) is 0.667. The molecule has 0 bridgehead atoms. The minimum atomic E-state index is -0.872.